The molecule has 0 radical (unpaired) electrons. The highest BCUT2D eigenvalue weighted by Crippen LogP contribution is 2.48. The lowest BCUT2D eigenvalue weighted by Gasteiger charge is -2.08. The molecule has 2 aliphatic rings. The lowest BCUT2D eigenvalue weighted by atomic mass is 10.1. The van der Waals surface area contributed by atoms with Crippen molar-refractivity contribution in [1.29, 1.82) is 0 Å². The molecular weight excluding hydrogens is 484 g/mol. The fourth-order valence-electron chi connectivity index (χ4n) is 4.98. The van der Waals surface area contributed by atoms with Gasteiger partial charge in [-0.2, -0.15) is 0 Å². The van der Waals surface area contributed by atoms with E-state index in [2.05, 4.69) is 23.2 Å². The number of nitrogens with one attached hydrogen (secondary N) is 1. The Labute approximate surface area is 215 Å². The molecule has 37 heavy (non-hydrogen) atoms. The first-order valence-electron chi connectivity index (χ1n) is 12.5. The summed E-state index contributed by atoms with van der Waals surface area (Å²) < 4.78 is 27.0. The molecule has 2 fully saturated rings. The molecule has 7 rings (SSSR count). The quantitative estimate of drug-likeness (QED) is 0.284. The molecule has 3 aromatic carbocycles. The summed E-state index contributed by atoms with van der Waals surface area (Å²) in [5, 5.41) is 11.0. The molecule has 188 valence electrons. The van der Waals surface area contributed by atoms with Crippen molar-refractivity contribution in [3.8, 4) is 0 Å². The topological polar surface area (TPSA) is 92.2 Å². The Bertz CT molecular complexity index is 1730. The van der Waals surface area contributed by atoms with E-state index in [1.54, 1.807) is 18.3 Å². The number of fused-ring (bicyclic) bond motifs is 2. The molecule has 0 saturated heterocycles. The number of carboxylic acid groups (broad SMARTS) is 1. The van der Waals surface area contributed by atoms with Gasteiger partial charge in [0.15, 0.2) is 0 Å². The Balaban J connectivity index is 0.000000146. The Morgan fingerprint density at radius 1 is 0.919 bits per heavy atom. The van der Waals surface area contributed by atoms with Crippen molar-refractivity contribution < 1.29 is 18.3 Å². The monoisotopic (exact) mass is 512 g/mol. The molecule has 2 heterocycles. The summed E-state index contributed by atoms with van der Waals surface area (Å²) in [5.74, 6) is 0.0545. The summed E-state index contributed by atoms with van der Waals surface area (Å²) in [5.41, 5.74) is 5.36. The van der Waals surface area contributed by atoms with Gasteiger partial charge in [0.05, 0.1) is 16.3 Å². The van der Waals surface area contributed by atoms with Crippen LogP contribution in [0.3, 0.4) is 0 Å². The number of carboxylic acids is 1. The van der Waals surface area contributed by atoms with E-state index in [-0.39, 0.29) is 11.8 Å². The third-order valence-electron chi connectivity index (χ3n) is 7.42. The third-order valence-corrected chi connectivity index (χ3v) is 9.12. The van der Waals surface area contributed by atoms with E-state index < -0.39 is 16.0 Å². The summed E-state index contributed by atoms with van der Waals surface area (Å²) in [7, 11) is -3.54. The average molecular weight is 513 g/mol. The van der Waals surface area contributed by atoms with Gasteiger partial charge in [-0.1, -0.05) is 29.8 Å². The lowest BCUT2D eigenvalue weighted by Crippen LogP contribution is -2.11. The Kier molecular flexibility index (Phi) is 5.68. The number of aliphatic carboxylic acids is 1. The van der Waals surface area contributed by atoms with Crippen LogP contribution < -0.4 is 0 Å². The van der Waals surface area contributed by atoms with E-state index in [9.17, 15) is 13.2 Å². The second-order valence-electron chi connectivity index (χ2n) is 10.1. The van der Waals surface area contributed by atoms with Crippen molar-refractivity contribution >= 4 is 37.8 Å². The second-order valence-corrected chi connectivity index (χ2v) is 11.9. The molecule has 2 saturated carbocycles. The maximum atomic E-state index is 12.8. The number of hydrogen-bond donors (Lipinski definition) is 2. The molecule has 2 aliphatic carbocycles. The number of benzene rings is 3. The number of rotatable bonds is 5. The maximum Gasteiger partial charge on any atom is 0.307 e. The van der Waals surface area contributed by atoms with Gasteiger partial charge < -0.3 is 10.1 Å². The predicted octanol–water partition coefficient (Wildman–Crippen LogP) is 6.42. The first-order chi connectivity index (χ1) is 17.8. The molecule has 6 nitrogen and oxygen atoms in total. The highest BCUT2D eigenvalue weighted by atomic mass is 32.2. The van der Waals surface area contributed by atoms with Crippen molar-refractivity contribution in [2.75, 3.05) is 0 Å². The van der Waals surface area contributed by atoms with E-state index in [1.807, 2.05) is 55.6 Å². The van der Waals surface area contributed by atoms with Gasteiger partial charge >= 0.3 is 5.97 Å². The molecule has 5 aromatic rings. The Hall–Kier alpha value is -3.84. The Morgan fingerprint density at radius 3 is 2.35 bits per heavy atom. The molecule has 0 bridgehead atoms. The van der Waals surface area contributed by atoms with Crippen LogP contribution in [0.25, 0.3) is 21.8 Å². The van der Waals surface area contributed by atoms with E-state index in [4.69, 9.17) is 5.11 Å². The molecule has 0 spiro atoms. The van der Waals surface area contributed by atoms with Crippen LogP contribution >= 0.6 is 0 Å². The number of hydrogen-bond acceptors (Lipinski definition) is 3. The maximum absolute atomic E-state index is 12.8. The molecule has 2 atom stereocenters. The number of nitrogens with zero attached hydrogens (tertiary/aromatic N) is 1. The van der Waals surface area contributed by atoms with Gasteiger partial charge in [0.1, 0.15) is 0 Å². The zero-order chi connectivity index (χ0) is 25.7. The highest BCUT2D eigenvalue weighted by molar-refractivity contribution is 7.90. The van der Waals surface area contributed by atoms with E-state index in [0.29, 0.717) is 10.8 Å². The molecule has 0 aliphatic heterocycles. The lowest BCUT2D eigenvalue weighted by molar-refractivity contribution is -0.138. The van der Waals surface area contributed by atoms with E-state index >= 15 is 0 Å². The Morgan fingerprint density at radius 2 is 1.65 bits per heavy atom. The van der Waals surface area contributed by atoms with Crippen LogP contribution in [0.5, 0.6) is 0 Å². The summed E-state index contributed by atoms with van der Waals surface area (Å²) >= 11 is 0. The number of carbonyl (C=O) groups is 1. The second kappa shape index (κ2) is 8.92. The molecule has 2 aromatic heterocycles. The number of aryl methyl sites for hydroxylation is 1. The molecule has 0 amide bonds. The van der Waals surface area contributed by atoms with Gasteiger partial charge in [-0.3, -0.25) is 4.79 Å². The minimum absolute atomic E-state index is 0.165. The van der Waals surface area contributed by atoms with Crippen LogP contribution in [-0.4, -0.2) is 28.5 Å². The standard InChI is InChI=1S/C18H17NO2S.C12H11NO2/c1-13-2-7-17(8-3-13)22(20,21)19-11-10-16-12-15(14-4-5-14)6-9-18(16)19;14-12(15)10-6-9(10)7-1-2-11-8(5-7)3-4-13-11/h2-3,6-12,14H,4-5H2,1H3;1-5,9-10,13H,6H2,(H,14,15). The van der Waals surface area contributed by atoms with Crippen molar-refractivity contribution in [3.05, 3.63) is 102 Å². The first-order valence-corrected chi connectivity index (χ1v) is 14.0. The highest BCUT2D eigenvalue weighted by Gasteiger charge is 2.44. The summed E-state index contributed by atoms with van der Waals surface area (Å²) in [6.45, 7) is 1.95. The van der Waals surface area contributed by atoms with Gasteiger partial charge in [-0.05, 0) is 103 Å². The minimum atomic E-state index is -3.54. The predicted molar refractivity (Wildman–Crippen MR) is 144 cm³/mol. The first kappa shape index (κ1) is 23.6. The zero-order valence-corrected chi connectivity index (χ0v) is 21.3. The molecule has 2 unspecified atom stereocenters. The van der Waals surface area contributed by atoms with Gasteiger partial charge in [-0.15, -0.1) is 0 Å². The molecule has 7 heteroatoms. The SMILES string of the molecule is Cc1ccc(S(=O)(=O)n2ccc3cc(C4CC4)ccc32)cc1.O=C(O)C1CC1c1ccc2[nH]ccc2c1. The van der Waals surface area contributed by atoms with Gasteiger partial charge in [-0.25, -0.2) is 12.4 Å². The van der Waals surface area contributed by atoms with Crippen LogP contribution in [-0.2, 0) is 14.8 Å². The fourth-order valence-corrected chi connectivity index (χ4v) is 6.33. The van der Waals surface area contributed by atoms with Crippen LogP contribution in [0.2, 0.25) is 0 Å². The van der Waals surface area contributed by atoms with Crippen LogP contribution in [0, 0.1) is 12.8 Å². The van der Waals surface area contributed by atoms with E-state index in [1.165, 1.54) is 22.4 Å². The average Bonchev–Trinajstić information content (AvgIpc) is 3.80. The van der Waals surface area contributed by atoms with Crippen LogP contribution in [0.15, 0.2) is 90.1 Å². The number of aromatic amines is 1. The van der Waals surface area contributed by atoms with Gasteiger partial charge in [0, 0.05) is 23.3 Å². The van der Waals surface area contributed by atoms with Crippen molar-refractivity contribution in [2.45, 2.75) is 42.9 Å². The van der Waals surface area contributed by atoms with Crippen LogP contribution in [0.1, 0.15) is 47.8 Å². The summed E-state index contributed by atoms with van der Waals surface area (Å²) in [4.78, 5) is 14.2. The molecular formula is C30H28N2O4S. The summed E-state index contributed by atoms with van der Waals surface area (Å²) in [6.07, 6.45) is 6.82. The third kappa shape index (κ3) is 4.55. The molecule has 2 N–H and O–H groups in total. The smallest absolute Gasteiger partial charge is 0.307 e. The van der Waals surface area contributed by atoms with Gasteiger partial charge in [0.25, 0.3) is 10.0 Å². The van der Waals surface area contributed by atoms with Gasteiger partial charge in [0.2, 0.25) is 0 Å². The van der Waals surface area contributed by atoms with Crippen molar-refractivity contribution in [3.63, 3.8) is 0 Å². The van der Waals surface area contributed by atoms with Crippen molar-refractivity contribution in [2.24, 2.45) is 5.92 Å². The fraction of sp³-hybridized carbons (Fsp3) is 0.233. The number of aromatic nitrogens is 2. The largest absolute Gasteiger partial charge is 0.481 e. The number of H-pyrrole nitrogens is 1. The summed E-state index contributed by atoms with van der Waals surface area (Å²) in [6, 6.07) is 23.1. The minimum Gasteiger partial charge on any atom is -0.481 e. The zero-order valence-electron chi connectivity index (χ0n) is 20.5. The van der Waals surface area contributed by atoms with E-state index in [0.717, 1.165) is 39.4 Å². The normalized spacial score (nSPS) is 18.9. The van der Waals surface area contributed by atoms with Crippen LogP contribution in [0.4, 0.5) is 0 Å². The van der Waals surface area contributed by atoms with Crippen molar-refractivity contribution in [1.82, 2.24) is 8.96 Å².